The van der Waals surface area contributed by atoms with Crippen LogP contribution < -0.4 is 5.73 Å². The first-order chi connectivity index (χ1) is 9.27. The Hall–Kier alpha value is -0.900. The molecule has 0 aliphatic rings. The quantitative estimate of drug-likeness (QED) is 0.641. The molecule has 0 fully saturated rings. The van der Waals surface area contributed by atoms with E-state index in [0.29, 0.717) is 5.92 Å². The van der Waals surface area contributed by atoms with Gasteiger partial charge >= 0.3 is 0 Å². The van der Waals surface area contributed by atoms with Crippen molar-refractivity contribution in [1.82, 2.24) is 0 Å². The van der Waals surface area contributed by atoms with Gasteiger partial charge in [-0.15, -0.1) is 22.7 Å². The van der Waals surface area contributed by atoms with Crippen LogP contribution in [-0.4, -0.2) is 0 Å². The molecule has 20 heavy (non-hydrogen) atoms. The average Bonchev–Trinajstić information content (AvgIpc) is 2.91. The van der Waals surface area contributed by atoms with Crippen LogP contribution in [0.1, 0.15) is 48.9 Å². The van der Waals surface area contributed by atoms with E-state index in [1.54, 1.807) is 0 Å². The molecule has 0 bridgehead atoms. The lowest BCUT2D eigenvalue weighted by atomic mass is 10.0. The molecular formula is C17H21NS2. The number of rotatable bonds is 2. The van der Waals surface area contributed by atoms with Gasteiger partial charge in [-0.25, -0.2) is 0 Å². The molecule has 0 atom stereocenters. The Labute approximate surface area is 128 Å². The lowest BCUT2D eigenvalue weighted by Gasteiger charge is -2.15. The van der Waals surface area contributed by atoms with E-state index in [-0.39, 0.29) is 5.54 Å². The summed E-state index contributed by atoms with van der Waals surface area (Å²) in [5, 5.41) is 2.75. The Bertz CT molecular complexity index is 785. The fourth-order valence-corrected chi connectivity index (χ4v) is 4.84. The van der Waals surface area contributed by atoms with E-state index in [2.05, 4.69) is 52.8 Å². The zero-order valence-electron chi connectivity index (χ0n) is 12.7. The van der Waals surface area contributed by atoms with Gasteiger partial charge in [-0.2, -0.15) is 0 Å². The first-order valence-electron chi connectivity index (χ1n) is 7.03. The van der Waals surface area contributed by atoms with Crippen LogP contribution in [0.5, 0.6) is 0 Å². The van der Waals surface area contributed by atoms with Crippen molar-refractivity contribution < 1.29 is 0 Å². The smallest absolute Gasteiger partial charge is 0.0447 e. The van der Waals surface area contributed by atoms with Crippen molar-refractivity contribution in [3.05, 3.63) is 33.5 Å². The van der Waals surface area contributed by atoms with Crippen molar-refractivity contribution in [3.8, 4) is 0 Å². The SMILES string of the molecule is Cc1c2cc(C(C)(C)N)sc2cc2cc(C(C)C)sc12. The predicted molar refractivity (Wildman–Crippen MR) is 93.2 cm³/mol. The predicted octanol–water partition coefficient (Wildman–Crippen LogP) is 5.74. The molecule has 0 amide bonds. The van der Waals surface area contributed by atoms with Gasteiger partial charge in [0.2, 0.25) is 0 Å². The van der Waals surface area contributed by atoms with E-state index < -0.39 is 0 Å². The van der Waals surface area contributed by atoms with Gasteiger partial charge in [-0.05, 0) is 61.2 Å². The van der Waals surface area contributed by atoms with Gasteiger partial charge in [0, 0.05) is 24.7 Å². The van der Waals surface area contributed by atoms with Gasteiger partial charge in [0.25, 0.3) is 0 Å². The largest absolute Gasteiger partial charge is 0.321 e. The molecule has 2 heterocycles. The van der Waals surface area contributed by atoms with Crippen LogP contribution in [0.3, 0.4) is 0 Å². The van der Waals surface area contributed by atoms with Crippen molar-refractivity contribution in [2.45, 2.75) is 46.1 Å². The van der Waals surface area contributed by atoms with Gasteiger partial charge in [-0.3, -0.25) is 0 Å². The number of aryl methyl sites for hydroxylation is 1. The number of benzene rings is 1. The molecule has 3 heteroatoms. The lowest BCUT2D eigenvalue weighted by molar-refractivity contribution is 0.567. The summed E-state index contributed by atoms with van der Waals surface area (Å²) in [6, 6.07) is 6.97. The minimum atomic E-state index is -0.257. The van der Waals surface area contributed by atoms with E-state index in [1.165, 1.54) is 35.5 Å². The van der Waals surface area contributed by atoms with Crippen LogP contribution in [0.2, 0.25) is 0 Å². The minimum Gasteiger partial charge on any atom is -0.321 e. The summed E-state index contributed by atoms with van der Waals surface area (Å²) < 4.78 is 2.79. The van der Waals surface area contributed by atoms with Crippen molar-refractivity contribution in [2.24, 2.45) is 5.73 Å². The topological polar surface area (TPSA) is 26.0 Å². The van der Waals surface area contributed by atoms with Gasteiger partial charge in [0.15, 0.2) is 0 Å². The molecule has 0 saturated heterocycles. The highest BCUT2D eigenvalue weighted by Crippen LogP contribution is 2.41. The number of hydrogen-bond acceptors (Lipinski definition) is 3. The van der Waals surface area contributed by atoms with Crippen molar-refractivity contribution in [3.63, 3.8) is 0 Å². The Balaban J connectivity index is 2.30. The van der Waals surface area contributed by atoms with Gasteiger partial charge < -0.3 is 5.73 Å². The first kappa shape index (κ1) is 14.1. The standard InChI is InChI=1S/C17H21NS2/c1-9(2)13-6-11-7-14-12(10(3)16(11)20-13)8-15(19-14)17(4,5)18/h6-9H,18H2,1-5H3. The normalized spacial score (nSPS) is 12.9. The lowest BCUT2D eigenvalue weighted by Crippen LogP contribution is -2.27. The molecule has 106 valence electrons. The molecule has 0 saturated carbocycles. The van der Waals surface area contributed by atoms with Crippen LogP contribution in [0.4, 0.5) is 0 Å². The number of thiophene rings is 2. The van der Waals surface area contributed by atoms with E-state index in [1.807, 2.05) is 22.7 Å². The molecule has 0 spiro atoms. The highest BCUT2D eigenvalue weighted by Gasteiger charge is 2.19. The molecule has 2 aromatic heterocycles. The van der Waals surface area contributed by atoms with Crippen LogP contribution >= 0.6 is 22.7 Å². The van der Waals surface area contributed by atoms with E-state index in [9.17, 15) is 0 Å². The molecule has 0 aliphatic carbocycles. The Morgan fingerprint density at radius 1 is 1.10 bits per heavy atom. The number of hydrogen-bond donors (Lipinski definition) is 1. The van der Waals surface area contributed by atoms with E-state index in [0.717, 1.165) is 0 Å². The molecule has 0 unspecified atom stereocenters. The van der Waals surface area contributed by atoms with Crippen LogP contribution in [0.25, 0.3) is 20.2 Å². The highest BCUT2D eigenvalue weighted by atomic mass is 32.1. The monoisotopic (exact) mass is 303 g/mol. The van der Waals surface area contributed by atoms with Crippen molar-refractivity contribution >= 4 is 42.8 Å². The average molecular weight is 303 g/mol. The van der Waals surface area contributed by atoms with Gasteiger partial charge in [-0.1, -0.05) is 13.8 Å². The fourth-order valence-electron chi connectivity index (χ4n) is 2.50. The molecular weight excluding hydrogens is 282 g/mol. The van der Waals surface area contributed by atoms with Crippen molar-refractivity contribution in [2.75, 3.05) is 0 Å². The third-order valence-electron chi connectivity index (χ3n) is 3.78. The highest BCUT2D eigenvalue weighted by molar-refractivity contribution is 7.21. The maximum atomic E-state index is 6.25. The summed E-state index contributed by atoms with van der Waals surface area (Å²) in [5.41, 5.74) is 7.39. The molecule has 0 aliphatic heterocycles. The molecule has 3 rings (SSSR count). The maximum Gasteiger partial charge on any atom is 0.0447 e. The fraction of sp³-hybridized carbons (Fsp3) is 0.412. The Morgan fingerprint density at radius 3 is 2.40 bits per heavy atom. The zero-order chi connectivity index (χ0) is 14.7. The third kappa shape index (κ3) is 2.18. The van der Waals surface area contributed by atoms with Gasteiger partial charge in [0.05, 0.1) is 0 Å². The second-order valence-corrected chi connectivity index (χ2v) is 8.64. The molecule has 2 N–H and O–H groups in total. The minimum absolute atomic E-state index is 0.257. The van der Waals surface area contributed by atoms with Crippen molar-refractivity contribution in [1.29, 1.82) is 0 Å². The summed E-state index contributed by atoms with van der Waals surface area (Å²) >= 11 is 3.77. The first-order valence-corrected chi connectivity index (χ1v) is 8.66. The summed E-state index contributed by atoms with van der Waals surface area (Å²) in [5.74, 6) is 0.600. The molecule has 1 aromatic carbocycles. The van der Waals surface area contributed by atoms with Crippen LogP contribution in [0.15, 0.2) is 18.2 Å². The number of fused-ring (bicyclic) bond motifs is 2. The number of nitrogens with two attached hydrogens (primary N) is 1. The van der Waals surface area contributed by atoms with E-state index >= 15 is 0 Å². The molecule has 1 nitrogen and oxygen atoms in total. The summed E-state index contributed by atoms with van der Waals surface area (Å²) in [6.45, 7) is 10.9. The van der Waals surface area contributed by atoms with E-state index in [4.69, 9.17) is 5.73 Å². The Morgan fingerprint density at radius 2 is 1.80 bits per heavy atom. The second-order valence-electron chi connectivity index (χ2n) is 6.47. The van der Waals surface area contributed by atoms with Crippen LogP contribution in [0, 0.1) is 6.92 Å². The summed E-state index contributed by atoms with van der Waals surface area (Å²) in [7, 11) is 0. The summed E-state index contributed by atoms with van der Waals surface area (Å²) in [4.78, 5) is 2.73. The summed E-state index contributed by atoms with van der Waals surface area (Å²) in [6.07, 6.45) is 0. The molecule has 0 radical (unpaired) electrons. The second kappa shape index (κ2) is 4.55. The third-order valence-corrected chi connectivity index (χ3v) is 6.77. The zero-order valence-corrected chi connectivity index (χ0v) is 14.3. The Kier molecular flexibility index (Phi) is 3.20. The van der Waals surface area contributed by atoms with Crippen LogP contribution in [-0.2, 0) is 5.54 Å². The molecule has 3 aromatic rings. The maximum absolute atomic E-state index is 6.25. The van der Waals surface area contributed by atoms with Gasteiger partial charge in [0.1, 0.15) is 0 Å².